The van der Waals surface area contributed by atoms with Gasteiger partial charge in [0.25, 0.3) is 0 Å². The van der Waals surface area contributed by atoms with Gasteiger partial charge in [-0.2, -0.15) is 0 Å². The second kappa shape index (κ2) is 78.2. The van der Waals surface area contributed by atoms with Gasteiger partial charge in [0, 0.05) is 27.1 Å². The number of unbranched alkanes of at least 4 members (excludes halogenated alkanes) is 1. The minimum Gasteiger partial charge on any atom is -0.382 e. The Morgan fingerprint density at radius 3 is 0.591 bits per heavy atom. The molecule has 530 valence electrons. The van der Waals surface area contributed by atoms with Crippen molar-refractivity contribution in [3.63, 3.8) is 0 Å². The molecule has 0 spiro atoms. The van der Waals surface area contributed by atoms with E-state index in [9.17, 15) is 20.4 Å². The molecule has 6 N–H and O–H groups in total. The number of aliphatic hydroxyl groups excluding tert-OH is 3. The van der Waals surface area contributed by atoms with Crippen molar-refractivity contribution in [3.8, 4) is 0 Å². The highest BCUT2D eigenvalue weighted by Gasteiger charge is 2.19. The number of aliphatic hydroxyl groups is 4. The standard InChI is InChI=1S/C58H120N2O28/c1-65-11-13-69-19-21-73-27-29-77-35-37-81-43-45-85-51-53-87-49-47-83-41-39-79-33-31-75-25-23-71-17-15-67-9-6-56(61)59-8-4-3-5-55(58(63)64)60-57(62)7-10-68-16-18-72-24-26-76-32-34-80-40-42-84-48-50-88-54-52-86-46-44-82-38-36-78-30-28-74-22-20-70-14-12-66-2/h55-64H,3-54H2,1-2H3. The summed E-state index contributed by atoms with van der Waals surface area (Å²) >= 11 is 0. The van der Waals surface area contributed by atoms with E-state index in [2.05, 4.69) is 10.6 Å². The van der Waals surface area contributed by atoms with Crippen LogP contribution in [0.5, 0.6) is 0 Å². The molecular weight excluding hydrogens is 1170 g/mol. The first-order valence-corrected chi connectivity index (χ1v) is 31.4. The van der Waals surface area contributed by atoms with Crippen molar-refractivity contribution < 1.29 is 134 Å². The van der Waals surface area contributed by atoms with Gasteiger partial charge in [0.05, 0.1) is 310 Å². The summed E-state index contributed by atoms with van der Waals surface area (Å²) in [5, 5.41) is 46.2. The van der Waals surface area contributed by atoms with Crippen molar-refractivity contribution in [2.24, 2.45) is 0 Å². The summed E-state index contributed by atoms with van der Waals surface area (Å²) in [7, 11) is 3.28. The monoisotopic (exact) mass is 1290 g/mol. The zero-order valence-corrected chi connectivity index (χ0v) is 53.7. The molecule has 3 atom stereocenters. The van der Waals surface area contributed by atoms with Crippen molar-refractivity contribution in [3.05, 3.63) is 0 Å². The molecule has 0 bridgehead atoms. The molecule has 0 aromatic rings. The van der Waals surface area contributed by atoms with Crippen LogP contribution in [0.3, 0.4) is 0 Å². The molecule has 0 aromatic heterocycles. The van der Waals surface area contributed by atoms with Crippen molar-refractivity contribution in [1.29, 1.82) is 0 Å². The van der Waals surface area contributed by atoms with E-state index < -0.39 is 24.8 Å². The fourth-order valence-electron chi connectivity index (χ4n) is 6.79. The van der Waals surface area contributed by atoms with Crippen LogP contribution in [-0.2, 0) is 114 Å². The maximum Gasteiger partial charge on any atom is 0.167 e. The molecule has 30 nitrogen and oxygen atoms in total. The smallest absolute Gasteiger partial charge is 0.167 e. The molecule has 0 radical (unpaired) electrons. The molecule has 0 aliphatic carbocycles. The zero-order chi connectivity index (χ0) is 63.5. The number of hydrogen-bond acceptors (Lipinski definition) is 30. The summed E-state index contributed by atoms with van der Waals surface area (Å²) in [6.07, 6.45) is -0.966. The Kier molecular flexibility index (Phi) is 77.2. The molecule has 3 unspecified atom stereocenters. The molecule has 0 aromatic carbocycles. The minimum atomic E-state index is -1.64. The molecule has 30 heteroatoms. The average Bonchev–Trinajstić information content (AvgIpc) is 3.52. The largest absolute Gasteiger partial charge is 0.382 e. The van der Waals surface area contributed by atoms with E-state index in [0.717, 1.165) is 0 Å². The summed E-state index contributed by atoms with van der Waals surface area (Å²) < 4.78 is 130. The van der Waals surface area contributed by atoms with Crippen molar-refractivity contribution in [1.82, 2.24) is 10.6 Å². The highest BCUT2D eigenvalue weighted by atomic mass is 16.6. The van der Waals surface area contributed by atoms with Crippen molar-refractivity contribution in [2.45, 2.75) is 56.9 Å². The number of nitrogens with one attached hydrogen (secondary N) is 2. The SMILES string of the molecule is COCCOCCOCCOCCOCCOCCOCCOCCOCCOCCOCCOCCC(O)NCCCCC(NC(O)CCOCCOCCOCCOCCOCCOCCOCCOCCOCCOCCOCCOC)C(O)O. The van der Waals surface area contributed by atoms with Gasteiger partial charge in [-0.05, 0) is 19.4 Å². The molecule has 0 saturated heterocycles. The molecule has 0 fully saturated rings. The van der Waals surface area contributed by atoms with Crippen molar-refractivity contribution >= 4 is 0 Å². The minimum absolute atomic E-state index is 0.258. The van der Waals surface area contributed by atoms with E-state index >= 15 is 0 Å². The van der Waals surface area contributed by atoms with E-state index in [-0.39, 0.29) is 13.0 Å². The van der Waals surface area contributed by atoms with Gasteiger partial charge in [0.15, 0.2) is 6.29 Å². The molecular formula is C58H120N2O28. The first kappa shape index (κ1) is 86.8. The van der Waals surface area contributed by atoms with Gasteiger partial charge in [-0.1, -0.05) is 6.42 Å². The predicted octanol–water partition coefficient (Wildman–Crippen LogP) is -0.910. The molecule has 0 heterocycles. The van der Waals surface area contributed by atoms with Crippen LogP contribution in [0, 0.1) is 0 Å². The lowest BCUT2D eigenvalue weighted by atomic mass is 10.1. The Balaban J connectivity index is 3.38. The first-order valence-electron chi connectivity index (χ1n) is 31.4. The average molecular weight is 1290 g/mol. The zero-order valence-electron chi connectivity index (χ0n) is 53.7. The summed E-state index contributed by atoms with van der Waals surface area (Å²) in [6.45, 7) is 22.2. The number of methoxy groups -OCH3 is 2. The lowest BCUT2D eigenvalue weighted by Gasteiger charge is -2.24. The molecule has 0 aliphatic rings. The molecule has 0 aliphatic heterocycles. The third kappa shape index (κ3) is 75.5. The van der Waals surface area contributed by atoms with Crippen molar-refractivity contribution in [2.75, 3.05) is 325 Å². The Morgan fingerprint density at radius 2 is 0.398 bits per heavy atom. The molecule has 0 rings (SSSR count). The van der Waals surface area contributed by atoms with E-state index in [1.54, 1.807) is 14.2 Å². The van der Waals surface area contributed by atoms with Gasteiger partial charge in [-0.3, -0.25) is 10.6 Å². The molecule has 0 amide bonds. The summed E-state index contributed by atoms with van der Waals surface area (Å²) in [4.78, 5) is 0. The quantitative estimate of drug-likeness (QED) is 0.0317. The van der Waals surface area contributed by atoms with Crippen LogP contribution in [0.15, 0.2) is 0 Å². The maximum atomic E-state index is 10.4. The highest BCUT2D eigenvalue weighted by molar-refractivity contribution is 4.71. The topological polar surface area (TPSA) is 327 Å². The second-order valence-corrected chi connectivity index (χ2v) is 18.7. The van der Waals surface area contributed by atoms with Crippen LogP contribution in [-0.4, -0.2) is 370 Å². The van der Waals surface area contributed by atoms with Gasteiger partial charge in [0.1, 0.15) is 12.5 Å². The number of rotatable bonds is 81. The van der Waals surface area contributed by atoms with E-state index in [1.807, 2.05) is 0 Å². The van der Waals surface area contributed by atoms with Gasteiger partial charge < -0.3 is 134 Å². The normalized spacial score (nSPS) is 13.0. The second-order valence-electron chi connectivity index (χ2n) is 18.7. The number of ether oxygens (including phenoxy) is 24. The molecule has 88 heavy (non-hydrogen) atoms. The summed E-state index contributed by atoms with van der Waals surface area (Å²) in [5.74, 6) is 0. The Bertz CT molecular complexity index is 1260. The predicted molar refractivity (Wildman–Crippen MR) is 320 cm³/mol. The van der Waals surface area contributed by atoms with Crippen LogP contribution in [0.4, 0.5) is 0 Å². The summed E-state index contributed by atoms with van der Waals surface area (Å²) in [5.41, 5.74) is 0. The van der Waals surface area contributed by atoms with Gasteiger partial charge in [-0.25, -0.2) is 0 Å². The van der Waals surface area contributed by atoms with E-state index in [4.69, 9.17) is 114 Å². The van der Waals surface area contributed by atoms with E-state index in [1.165, 1.54) is 0 Å². The van der Waals surface area contributed by atoms with Crippen LogP contribution >= 0.6 is 0 Å². The Labute approximate surface area is 525 Å². The van der Waals surface area contributed by atoms with Gasteiger partial charge in [-0.15, -0.1) is 0 Å². The molecule has 0 saturated carbocycles. The summed E-state index contributed by atoms with van der Waals surface area (Å²) in [6, 6.07) is -0.721. The first-order chi connectivity index (χ1) is 43.5. The Morgan fingerprint density at radius 1 is 0.216 bits per heavy atom. The van der Waals surface area contributed by atoms with Crippen LogP contribution in [0.1, 0.15) is 32.1 Å². The number of hydrogen-bond donors (Lipinski definition) is 6. The fraction of sp³-hybridized carbons (Fsp3) is 1.00. The Hall–Kier alpha value is -1.20. The van der Waals surface area contributed by atoms with Crippen LogP contribution in [0.25, 0.3) is 0 Å². The van der Waals surface area contributed by atoms with Crippen LogP contribution < -0.4 is 10.6 Å². The van der Waals surface area contributed by atoms with Crippen LogP contribution in [0.2, 0.25) is 0 Å². The fourth-order valence-corrected chi connectivity index (χ4v) is 6.79. The highest BCUT2D eigenvalue weighted by Crippen LogP contribution is 2.06. The van der Waals surface area contributed by atoms with Gasteiger partial charge >= 0.3 is 0 Å². The lowest BCUT2D eigenvalue weighted by Crippen LogP contribution is -2.46. The lowest BCUT2D eigenvalue weighted by molar-refractivity contribution is -0.0833. The van der Waals surface area contributed by atoms with E-state index in [0.29, 0.717) is 330 Å². The third-order valence-corrected chi connectivity index (χ3v) is 11.5. The van der Waals surface area contributed by atoms with Gasteiger partial charge in [0.2, 0.25) is 0 Å². The third-order valence-electron chi connectivity index (χ3n) is 11.5. The maximum absolute atomic E-state index is 10.4.